The van der Waals surface area contributed by atoms with Gasteiger partial charge in [0.2, 0.25) is 5.91 Å². The van der Waals surface area contributed by atoms with Gasteiger partial charge in [-0.2, -0.15) is 5.26 Å². The number of halogens is 1. The van der Waals surface area contributed by atoms with Gasteiger partial charge in [-0.1, -0.05) is 0 Å². The lowest BCUT2D eigenvalue weighted by Gasteiger charge is -2.26. The number of carbonyl (C=O) groups excluding carboxylic acids is 2. The number of hydrogen-bond acceptors (Lipinski definition) is 9. The first-order valence-corrected chi connectivity index (χ1v) is 14.2. The van der Waals surface area contributed by atoms with Crippen molar-refractivity contribution in [2.45, 2.75) is 66.1 Å². The van der Waals surface area contributed by atoms with Crippen molar-refractivity contribution in [2.75, 3.05) is 27.4 Å². The number of benzene rings is 1. The number of amides is 1. The fourth-order valence-corrected chi connectivity index (χ4v) is 5.39. The van der Waals surface area contributed by atoms with Gasteiger partial charge in [0.05, 0.1) is 38.2 Å². The van der Waals surface area contributed by atoms with Gasteiger partial charge in [-0.15, -0.1) is 11.3 Å². The minimum Gasteiger partial charge on any atom is -0.496 e. The first kappa shape index (κ1) is 34.2. The van der Waals surface area contributed by atoms with Crippen LogP contribution in [0.1, 0.15) is 61.0 Å². The third-order valence-electron chi connectivity index (χ3n) is 6.64. The van der Waals surface area contributed by atoms with Crippen molar-refractivity contribution in [2.24, 2.45) is 0 Å². The van der Waals surface area contributed by atoms with Crippen molar-refractivity contribution in [3.63, 3.8) is 0 Å². The van der Waals surface area contributed by atoms with Crippen LogP contribution in [0, 0.1) is 24.1 Å². The Balaban J connectivity index is 0.00000113. The first-order valence-electron chi connectivity index (χ1n) is 13.4. The molecule has 0 spiro atoms. The van der Waals surface area contributed by atoms with E-state index in [0.29, 0.717) is 21.7 Å². The zero-order chi connectivity index (χ0) is 31.7. The fourth-order valence-electron chi connectivity index (χ4n) is 4.18. The molecular weight excluding hydrogens is 567 g/mol. The number of fused-ring (bicyclic) bond motifs is 1. The van der Waals surface area contributed by atoms with Gasteiger partial charge in [0.25, 0.3) is 5.56 Å². The van der Waals surface area contributed by atoms with Crippen LogP contribution in [0.15, 0.2) is 27.8 Å². The van der Waals surface area contributed by atoms with Gasteiger partial charge < -0.3 is 19.5 Å². The lowest BCUT2D eigenvalue weighted by atomic mass is 10.1. The monoisotopic (exact) mass is 604 g/mol. The van der Waals surface area contributed by atoms with Gasteiger partial charge in [-0.05, 0) is 70.4 Å². The molecule has 0 aliphatic heterocycles. The maximum Gasteiger partial charge on any atom is 0.348 e. The number of aliphatic hydroxyl groups is 1. The summed E-state index contributed by atoms with van der Waals surface area (Å²) in [4.78, 5) is 55.1. The number of likely N-dealkylation sites (N-methyl/N-ethyl adjacent to an activating group) is 1. The molecule has 2 heterocycles. The van der Waals surface area contributed by atoms with Gasteiger partial charge in [0.15, 0.2) is 0 Å². The highest BCUT2D eigenvalue weighted by atomic mass is 32.1. The third kappa shape index (κ3) is 7.43. The molecule has 2 aromatic heterocycles. The number of rotatable bonds is 10. The second-order valence-corrected chi connectivity index (χ2v) is 10.6. The lowest BCUT2D eigenvalue weighted by molar-refractivity contribution is -0.134. The highest BCUT2D eigenvalue weighted by Gasteiger charge is 2.29. The largest absolute Gasteiger partial charge is 0.496 e. The first-order chi connectivity index (χ1) is 19.9. The minimum atomic E-state index is -1.09. The van der Waals surface area contributed by atoms with Crippen molar-refractivity contribution in [1.82, 2.24) is 14.0 Å². The molecule has 13 heteroatoms. The molecule has 0 saturated carbocycles. The molecule has 0 saturated heterocycles. The van der Waals surface area contributed by atoms with Crippen LogP contribution in [0.4, 0.5) is 4.39 Å². The van der Waals surface area contributed by atoms with Crippen molar-refractivity contribution < 1.29 is 28.6 Å². The lowest BCUT2D eigenvalue weighted by Crippen LogP contribution is -2.47. The average Bonchev–Trinajstić information content (AvgIpc) is 3.30. The van der Waals surface area contributed by atoms with Gasteiger partial charge >= 0.3 is 11.7 Å². The van der Waals surface area contributed by atoms with Crippen LogP contribution >= 0.6 is 11.3 Å². The summed E-state index contributed by atoms with van der Waals surface area (Å²) in [6.07, 6.45) is 0.452. The molecule has 0 radical (unpaired) electrons. The molecule has 228 valence electrons. The minimum absolute atomic E-state index is 0.0174. The molecule has 3 aromatic rings. The Labute approximate surface area is 247 Å². The standard InChI is InChI=1S/C26H32FN3O6S.C3H5NO/c1-8-36-25(33)21-15(4)20-23(32)30(16(5)22(31)28(6)14(2)3)26(34)29(24(20)37-21)12-11-17-13-18(27)9-10-19(17)35-7;4-2-1-3-5/h9-10,13-14,16H,8,11-12H2,1-7H3;5H,1,3H2/t16-;/m0./s1. The summed E-state index contributed by atoms with van der Waals surface area (Å²) < 4.78 is 26.7. The highest BCUT2D eigenvalue weighted by molar-refractivity contribution is 7.20. The van der Waals surface area contributed by atoms with Gasteiger partial charge in [-0.25, -0.2) is 18.5 Å². The Hall–Kier alpha value is -4.02. The molecule has 1 N–H and O–H groups in total. The summed E-state index contributed by atoms with van der Waals surface area (Å²) in [7, 11) is 3.07. The summed E-state index contributed by atoms with van der Waals surface area (Å²) in [6, 6.07) is 4.64. The number of thiophene rings is 1. The Bertz CT molecular complexity index is 1590. The maximum atomic E-state index is 14.0. The zero-order valence-corrected chi connectivity index (χ0v) is 25.7. The topological polar surface area (TPSA) is 144 Å². The van der Waals surface area contributed by atoms with Crippen molar-refractivity contribution in [3.05, 3.63) is 60.9 Å². The SMILES string of the molecule is CCOC(=O)c1sc2c(c1C)c(=O)n([C@@H](C)C(=O)N(C)C(C)C)c(=O)n2CCc1cc(F)ccc1OC.N#CCCO. The predicted molar refractivity (Wildman–Crippen MR) is 158 cm³/mol. The number of esters is 1. The molecule has 1 atom stereocenters. The molecule has 3 rings (SSSR count). The number of carbonyl (C=O) groups is 2. The Morgan fingerprint density at radius 2 is 1.90 bits per heavy atom. The van der Waals surface area contributed by atoms with Gasteiger partial charge in [0, 0.05) is 19.6 Å². The Kier molecular flexibility index (Phi) is 12.4. The van der Waals surface area contributed by atoms with Crippen molar-refractivity contribution in [1.29, 1.82) is 5.26 Å². The number of hydrogen-bond donors (Lipinski definition) is 1. The summed E-state index contributed by atoms with van der Waals surface area (Å²) in [5, 5.41) is 15.7. The second kappa shape index (κ2) is 15.3. The highest BCUT2D eigenvalue weighted by Crippen LogP contribution is 2.30. The van der Waals surface area contributed by atoms with E-state index in [4.69, 9.17) is 19.8 Å². The van der Waals surface area contributed by atoms with Crippen LogP contribution in [0.25, 0.3) is 10.2 Å². The molecule has 1 amide bonds. The number of nitrogens with zero attached hydrogens (tertiary/aromatic N) is 4. The molecule has 0 aliphatic carbocycles. The predicted octanol–water partition coefficient (Wildman–Crippen LogP) is 3.42. The second-order valence-electron chi connectivity index (χ2n) is 9.62. The normalized spacial score (nSPS) is 11.5. The molecule has 0 bridgehead atoms. The maximum absolute atomic E-state index is 14.0. The van der Waals surface area contributed by atoms with Crippen molar-refractivity contribution in [3.8, 4) is 11.8 Å². The number of aromatic nitrogens is 2. The van der Waals surface area contributed by atoms with E-state index >= 15 is 0 Å². The molecule has 11 nitrogen and oxygen atoms in total. The van der Waals surface area contributed by atoms with E-state index in [1.54, 1.807) is 27.0 Å². The molecule has 0 unspecified atom stereocenters. The molecule has 1 aromatic carbocycles. The van der Waals surface area contributed by atoms with Crippen LogP contribution in [-0.2, 0) is 22.5 Å². The van der Waals surface area contributed by atoms with Crippen LogP contribution in [-0.4, -0.2) is 64.4 Å². The molecule has 0 aliphatic rings. The Morgan fingerprint density at radius 1 is 1.24 bits per heavy atom. The summed E-state index contributed by atoms with van der Waals surface area (Å²) in [6.45, 7) is 8.64. The van der Waals surface area contributed by atoms with Crippen LogP contribution in [0.2, 0.25) is 0 Å². The quantitative estimate of drug-likeness (QED) is 0.347. The van der Waals surface area contributed by atoms with E-state index in [1.165, 1.54) is 41.7 Å². The smallest absolute Gasteiger partial charge is 0.348 e. The molecule has 0 fully saturated rings. The summed E-state index contributed by atoms with van der Waals surface area (Å²) >= 11 is 0.990. The zero-order valence-electron chi connectivity index (χ0n) is 24.9. The number of aliphatic hydroxyl groups excluding tert-OH is 1. The van der Waals surface area contributed by atoms with E-state index in [-0.39, 0.29) is 48.9 Å². The average molecular weight is 605 g/mol. The van der Waals surface area contributed by atoms with Gasteiger partial charge in [0.1, 0.15) is 27.3 Å². The van der Waals surface area contributed by atoms with Crippen LogP contribution in [0.3, 0.4) is 0 Å². The number of aryl methyl sites for hydroxylation is 3. The number of methoxy groups -OCH3 is 1. The van der Waals surface area contributed by atoms with Gasteiger partial charge in [-0.3, -0.25) is 14.2 Å². The van der Waals surface area contributed by atoms with Crippen LogP contribution < -0.4 is 16.0 Å². The summed E-state index contributed by atoms with van der Waals surface area (Å²) in [5.41, 5.74) is -0.432. The van der Waals surface area contributed by atoms with E-state index < -0.39 is 35.0 Å². The number of nitriles is 1. The molecular formula is C29H37FN4O7S. The Morgan fingerprint density at radius 3 is 2.43 bits per heavy atom. The van der Waals surface area contributed by atoms with E-state index in [1.807, 2.05) is 13.8 Å². The number of ether oxygens (including phenoxy) is 2. The third-order valence-corrected chi connectivity index (χ3v) is 7.94. The van der Waals surface area contributed by atoms with Crippen molar-refractivity contribution >= 4 is 33.4 Å². The summed E-state index contributed by atoms with van der Waals surface area (Å²) in [5.74, 6) is -0.992. The van der Waals surface area contributed by atoms with Crippen LogP contribution in [0.5, 0.6) is 5.75 Å². The molecule has 42 heavy (non-hydrogen) atoms. The van der Waals surface area contributed by atoms with E-state index in [9.17, 15) is 23.6 Å². The van der Waals surface area contributed by atoms with E-state index in [0.717, 1.165) is 15.9 Å². The van der Waals surface area contributed by atoms with E-state index in [2.05, 4.69) is 0 Å². The fraction of sp³-hybridized carbons (Fsp3) is 0.483.